The number of urea groups is 1. The van der Waals surface area contributed by atoms with Gasteiger partial charge in [-0.1, -0.05) is 11.3 Å². The molecule has 3 amide bonds. The van der Waals surface area contributed by atoms with Gasteiger partial charge in [0.15, 0.2) is 0 Å². The van der Waals surface area contributed by atoms with Crippen LogP contribution in [0.1, 0.15) is 10.6 Å². The average molecular weight is 457 g/mol. The summed E-state index contributed by atoms with van der Waals surface area (Å²) in [4.78, 5) is 34.0. The maximum absolute atomic E-state index is 12.0. The van der Waals surface area contributed by atoms with Crippen LogP contribution in [0.4, 0.5) is 21.3 Å². The van der Waals surface area contributed by atoms with Crippen molar-refractivity contribution < 1.29 is 24.7 Å². The molecule has 0 aliphatic carbocycles. The molecule has 0 bridgehead atoms. The van der Waals surface area contributed by atoms with Gasteiger partial charge in [-0.2, -0.15) is 5.10 Å². The van der Waals surface area contributed by atoms with Crippen molar-refractivity contribution in [3.8, 4) is 11.5 Å². The van der Waals surface area contributed by atoms with Crippen molar-refractivity contribution in [2.75, 3.05) is 10.6 Å². The maximum Gasteiger partial charge on any atom is 0.325 e. The van der Waals surface area contributed by atoms with Gasteiger partial charge in [0.2, 0.25) is 11.0 Å². The number of carbonyl (C=O) groups excluding carboxylic acids is 2. The quantitative estimate of drug-likeness (QED) is 0.202. The number of nitrogens with one attached hydrogen (secondary N) is 3. The molecule has 164 valence electrons. The second-order valence-electron chi connectivity index (χ2n) is 6.10. The van der Waals surface area contributed by atoms with Crippen molar-refractivity contribution in [3.63, 3.8) is 0 Å². The molecular formula is C18H15N7O6S. The van der Waals surface area contributed by atoms with Gasteiger partial charge in [-0.25, -0.2) is 10.2 Å². The highest BCUT2D eigenvalue weighted by Crippen LogP contribution is 2.21. The zero-order valence-corrected chi connectivity index (χ0v) is 16.9. The molecule has 0 unspecified atom stereocenters. The van der Waals surface area contributed by atoms with E-state index in [1.54, 1.807) is 0 Å². The fraction of sp³-hybridized carbons (Fsp3) is 0.0556. The summed E-state index contributed by atoms with van der Waals surface area (Å²) < 4.78 is 0. The number of phenols is 2. The van der Waals surface area contributed by atoms with Gasteiger partial charge in [-0.3, -0.25) is 20.2 Å². The number of amides is 3. The van der Waals surface area contributed by atoms with Crippen molar-refractivity contribution >= 4 is 46.0 Å². The molecule has 5 N–H and O–H groups in total. The molecule has 13 nitrogen and oxygen atoms in total. The molecule has 0 fully saturated rings. The largest absolute Gasteiger partial charge is 0.508 e. The van der Waals surface area contributed by atoms with E-state index in [4.69, 9.17) is 0 Å². The Hall–Kier alpha value is -4.59. The molecule has 1 aromatic heterocycles. The Balaban J connectivity index is 1.48. The third kappa shape index (κ3) is 6.20. The lowest BCUT2D eigenvalue weighted by Crippen LogP contribution is -2.19. The summed E-state index contributed by atoms with van der Waals surface area (Å²) in [6.45, 7) is 0. The number of hydrogen-bond acceptors (Lipinski definition) is 10. The molecule has 3 rings (SSSR count). The van der Waals surface area contributed by atoms with Gasteiger partial charge in [0.05, 0.1) is 17.6 Å². The first kappa shape index (κ1) is 22.1. The Morgan fingerprint density at radius 2 is 1.88 bits per heavy atom. The SMILES string of the molecule is O=C(Cc1nnc(NC(=O)Nc2ccc([N+](=O)[O-])cc2)s1)N/N=C\c1ccc(O)cc1O. The van der Waals surface area contributed by atoms with Crippen molar-refractivity contribution in [1.29, 1.82) is 0 Å². The van der Waals surface area contributed by atoms with E-state index in [2.05, 4.69) is 31.4 Å². The third-order valence-corrected chi connectivity index (χ3v) is 4.58. The molecule has 0 saturated heterocycles. The fourth-order valence-corrected chi connectivity index (χ4v) is 3.03. The number of nitrogens with zero attached hydrogens (tertiary/aromatic N) is 4. The normalized spacial score (nSPS) is 10.6. The highest BCUT2D eigenvalue weighted by atomic mass is 32.1. The average Bonchev–Trinajstić information content (AvgIpc) is 3.16. The van der Waals surface area contributed by atoms with Crippen LogP contribution >= 0.6 is 11.3 Å². The first-order chi connectivity index (χ1) is 15.3. The highest BCUT2D eigenvalue weighted by Gasteiger charge is 2.12. The summed E-state index contributed by atoms with van der Waals surface area (Å²) in [7, 11) is 0. The molecule has 0 saturated carbocycles. The molecule has 0 spiro atoms. The van der Waals surface area contributed by atoms with Gasteiger partial charge in [0.1, 0.15) is 16.5 Å². The Bertz CT molecular complexity index is 1180. The number of hydrogen-bond donors (Lipinski definition) is 5. The number of rotatable bonds is 7. The summed E-state index contributed by atoms with van der Waals surface area (Å²) in [6, 6.07) is 8.55. The van der Waals surface area contributed by atoms with Crippen molar-refractivity contribution in [1.82, 2.24) is 15.6 Å². The monoisotopic (exact) mass is 457 g/mol. The number of aromatic nitrogens is 2. The zero-order valence-electron chi connectivity index (χ0n) is 16.1. The minimum atomic E-state index is -0.635. The van der Waals surface area contributed by atoms with Crippen LogP contribution in [0.25, 0.3) is 0 Å². The zero-order chi connectivity index (χ0) is 23.1. The Labute approximate surface area is 183 Å². The fourth-order valence-electron chi connectivity index (χ4n) is 2.29. The molecule has 0 radical (unpaired) electrons. The number of hydrazone groups is 1. The number of non-ortho nitro benzene ring substituents is 1. The minimum absolute atomic E-state index is 0.104. The molecule has 32 heavy (non-hydrogen) atoms. The lowest BCUT2D eigenvalue weighted by atomic mass is 10.2. The molecule has 14 heteroatoms. The van der Waals surface area contributed by atoms with Crippen LogP contribution in [-0.2, 0) is 11.2 Å². The molecule has 0 aliphatic heterocycles. The van der Waals surface area contributed by atoms with Gasteiger partial charge >= 0.3 is 6.03 Å². The Morgan fingerprint density at radius 1 is 1.12 bits per heavy atom. The van der Waals surface area contributed by atoms with E-state index >= 15 is 0 Å². The second kappa shape index (κ2) is 9.94. The summed E-state index contributed by atoms with van der Waals surface area (Å²) in [5.74, 6) is -0.807. The van der Waals surface area contributed by atoms with Gasteiger partial charge in [0.25, 0.3) is 5.69 Å². The van der Waals surface area contributed by atoms with Crippen LogP contribution < -0.4 is 16.1 Å². The Kier molecular flexibility index (Phi) is 6.87. The number of aromatic hydroxyl groups is 2. The Morgan fingerprint density at radius 3 is 2.56 bits per heavy atom. The molecular weight excluding hydrogens is 442 g/mol. The van der Waals surface area contributed by atoms with Crippen molar-refractivity contribution in [2.24, 2.45) is 5.10 Å². The smallest absolute Gasteiger partial charge is 0.325 e. The van der Waals surface area contributed by atoms with E-state index in [9.17, 15) is 29.9 Å². The number of carbonyl (C=O) groups is 2. The third-order valence-electron chi connectivity index (χ3n) is 3.74. The lowest BCUT2D eigenvalue weighted by molar-refractivity contribution is -0.384. The molecule has 0 atom stereocenters. The molecule has 0 aliphatic rings. The number of benzene rings is 2. The first-order valence-corrected chi connectivity index (χ1v) is 9.60. The van der Waals surface area contributed by atoms with Crippen LogP contribution in [0.15, 0.2) is 47.6 Å². The van der Waals surface area contributed by atoms with E-state index < -0.39 is 16.9 Å². The van der Waals surface area contributed by atoms with Crippen molar-refractivity contribution in [3.05, 3.63) is 63.1 Å². The number of phenolic OH excluding ortho intramolecular Hbond substituents is 2. The standard InChI is InChI=1S/C18H15N7O6S/c26-13-6-1-10(14(27)7-13)9-19-22-15(28)8-16-23-24-18(32-16)21-17(29)20-11-2-4-12(5-3-11)25(30)31/h1-7,9,26-27H,8H2,(H,22,28)(H2,20,21,24,29)/b19-9-. The van der Waals surface area contributed by atoms with Crippen molar-refractivity contribution in [2.45, 2.75) is 6.42 Å². The van der Waals surface area contributed by atoms with E-state index in [-0.39, 0.29) is 28.7 Å². The van der Waals surface area contributed by atoms with Crippen LogP contribution in [-0.4, -0.2) is 43.5 Å². The molecule has 3 aromatic rings. The summed E-state index contributed by atoms with van der Waals surface area (Å²) in [5, 5.41) is 46.2. The lowest BCUT2D eigenvalue weighted by Gasteiger charge is -2.04. The number of nitro benzene ring substituents is 1. The minimum Gasteiger partial charge on any atom is -0.508 e. The van der Waals surface area contributed by atoms with E-state index in [1.807, 2.05) is 0 Å². The maximum atomic E-state index is 12.0. The van der Waals surface area contributed by atoms with Gasteiger partial charge in [0, 0.05) is 29.4 Å². The van der Waals surface area contributed by atoms with E-state index in [1.165, 1.54) is 42.6 Å². The van der Waals surface area contributed by atoms with Crippen LogP contribution in [0.5, 0.6) is 11.5 Å². The van der Waals surface area contributed by atoms with Crippen LogP contribution in [0.3, 0.4) is 0 Å². The van der Waals surface area contributed by atoms with E-state index in [0.717, 1.165) is 17.4 Å². The predicted molar refractivity (Wildman–Crippen MR) is 115 cm³/mol. The van der Waals surface area contributed by atoms with Gasteiger partial charge < -0.3 is 15.5 Å². The predicted octanol–water partition coefficient (Wildman–Crippen LogP) is 2.19. The second-order valence-corrected chi connectivity index (χ2v) is 7.16. The van der Waals surface area contributed by atoms with Crippen LogP contribution in [0, 0.1) is 10.1 Å². The van der Waals surface area contributed by atoms with Gasteiger partial charge in [-0.15, -0.1) is 10.2 Å². The first-order valence-electron chi connectivity index (χ1n) is 8.79. The van der Waals surface area contributed by atoms with Gasteiger partial charge in [-0.05, 0) is 24.3 Å². The molecule has 2 aromatic carbocycles. The van der Waals surface area contributed by atoms with E-state index in [0.29, 0.717) is 16.3 Å². The van der Waals surface area contributed by atoms with Crippen LogP contribution in [0.2, 0.25) is 0 Å². The molecule has 1 heterocycles. The summed E-state index contributed by atoms with van der Waals surface area (Å²) in [6.07, 6.45) is 1.06. The topological polar surface area (TPSA) is 192 Å². The number of anilines is 2. The highest BCUT2D eigenvalue weighted by molar-refractivity contribution is 7.15. The summed E-state index contributed by atoms with van der Waals surface area (Å²) in [5.41, 5.74) is 2.80. The number of nitro groups is 1. The summed E-state index contributed by atoms with van der Waals surface area (Å²) >= 11 is 0.976.